The van der Waals surface area contributed by atoms with Gasteiger partial charge in [0.05, 0.1) is 0 Å². The van der Waals surface area contributed by atoms with Crippen molar-refractivity contribution in [1.82, 2.24) is 4.90 Å². The zero-order chi connectivity index (χ0) is 8.81. The normalized spacial score (nSPS) is 20.0. The van der Waals surface area contributed by atoms with Gasteiger partial charge in [0.1, 0.15) is 0 Å². The van der Waals surface area contributed by atoms with Gasteiger partial charge in [0.15, 0.2) is 0 Å². The van der Waals surface area contributed by atoms with Gasteiger partial charge < -0.3 is 0 Å². The average Bonchev–Trinajstić information content (AvgIpc) is 2.15. The van der Waals surface area contributed by atoms with E-state index in [1.165, 1.54) is 32.5 Å². The molecule has 1 saturated heterocycles. The summed E-state index contributed by atoms with van der Waals surface area (Å²) in [5.41, 5.74) is 0. The number of nitrogens with zero attached hydrogens (tertiary/aromatic N) is 1. The fraction of sp³-hybridized carbons (Fsp3) is 1.00. The third kappa shape index (κ3) is 3.54. The van der Waals surface area contributed by atoms with Gasteiger partial charge in [-0.1, -0.05) is 0 Å². The van der Waals surface area contributed by atoms with Gasteiger partial charge in [-0.3, -0.25) is 0 Å². The average molecular weight is 226 g/mol. The molecular weight excluding hydrogens is 204 g/mol. The van der Waals surface area contributed by atoms with E-state index in [4.69, 9.17) is 0 Å². The molecule has 0 spiro atoms. The summed E-state index contributed by atoms with van der Waals surface area (Å²) < 4.78 is 0. The molecule has 0 unspecified atom stereocenters. The SMILES string of the molecule is CCCCN1C[CH2][Ga]([CH2]C)[CH2]C1. The van der Waals surface area contributed by atoms with Crippen LogP contribution in [0.3, 0.4) is 0 Å². The van der Waals surface area contributed by atoms with E-state index < -0.39 is 16.2 Å². The van der Waals surface area contributed by atoms with E-state index in [2.05, 4.69) is 18.7 Å². The summed E-state index contributed by atoms with van der Waals surface area (Å²) in [5, 5.41) is 0. The fourth-order valence-corrected chi connectivity index (χ4v) is 7.38. The van der Waals surface area contributed by atoms with Crippen molar-refractivity contribution in [3.63, 3.8) is 0 Å². The van der Waals surface area contributed by atoms with Crippen molar-refractivity contribution in [1.29, 1.82) is 0 Å². The van der Waals surface area contributed by atoms with Gasteiger partial charge in [0.2, 0.25) is 0 Å². The van der Waals surface area contributed by atoms with Crippen molar-refractivity contribution in [2.45, 2.75) is 41.6 Å². The second kappa shape index (κ2) is 6.11. The van der Waals surface area contributed by atoms with E-state index in [9.17, 15) is 0 Å². The molecule has 1 heterocycles. The topological polar surface area (TPSA) is 3.24 Å². The Morgan fingerprint density at radius 3 is 2.33 bits per heavy atom. The van der Waals surface area contributed by atoms with Crippen molar-refractivity contribution in [2.75, 3.05) is 19.6 Å². The first-order valence-corrected chi connectivity index (χ1v) is 10.7. The minimum absolute atomic E-state index is 0.657. The molecule has 0 aromatic heterocycles. The Hall–Kier alpha value is 0.596. The Morgan fingerprint density at radius 1 is 1.17 bits per heavy atom. The number of unbranched alkanes of at least 4 members (excludes halogenated alkanes) is 1. The molecule has 0 radical (unpaired) electrons. The van der Waals surface area contributed by atoms with Crippen LogP contribution < -0.4 is 0 Å². The van der Waals surface area contributed by atoms with E-state index >= 15 is 0 Å². The van der Waals surface area contributed by atoms with Crippen LogP contribution in [0, 0.1) is 0 Å². The monoisotopic (exact) mass is 225 g/mol. The maximum absolute atomic E-state index is 2.68. The first-order chi connectivity index (χ1) is 5.86. The molecule has 0 atom stereocenters. The maximum atomic E-state index is 2.68. The van der Waals surface area contributed by atoms with E-state index in [1.54, 1.807) is 14.9 Å². The van der Waals surface area contributed by atoms with Crippen LogP contribution >= 0.6 is 0 Å². The van der Waals surface area contributed by atoms with Crippen molar-refractivity contribution in [2.24, 2.45) is 0 Å². The Morgan fingerprint density at radius 2 is 1.83 bits per heavy atom. The van der Waals surface area contributed by atoms with E-state index in [-0.39, 0.29) is 0 Å². The van der Waals surface area contributed by atoms with Crippen LogP contribution in [0.5, 0.6) is 0 Å². The van der Waals surface area contributed by atoms with Gasteiger partial charge in [-0.2, -0.15) is 0 Å². The number of hydrogen-bond donors (Lipinski definition) is 0. The summed E-state index contributed by atoms with van der Waals surface area (Å²) in [7, 11) is 0. The van der Waals surface area contributed by atoms with E-state index in [0.717, 1.165) is 0 Å². The summed E-state index contributed by atoms with van der Waals surface area (Å²) in [6.45, 7) is 8.95. The van der Waals surface area contributed by atoms with Crippen LogP contribution in [0.2, 0.25) is 14.9 Å². The predicted molar refractivity (Wildman–Crippen MR) is 57.2 cm³/mol. The van der Waals surface area contributed by atoms with Gasteiger partial charge in [-0.05, 0) is 0 Å². The number of hydrogen-bond acceptors (Lipinski definition) is 1. The molecule has 1 aliphatic rings. The van der Waals surface area contributed by atoms with Gasteiger partial charge in [-0.15, -0.1) is 0 Å². The first-order valence-electron chi connectivity index (χ1n) is 5.59. The molecule has 0 saturated carbocycles. The summed E-state index contributed by atoms with van der Waals surface area (Å²) in [6.07, 6.45) is 2.76. The molecule has 1 rings (SSSR count). The third-order valence-electron chi connectivity index (χ3n) is 3.11. The van der Waals surface area contributed by atoms with Crippen LogP contribution in [-0.2, 0) is 0 Å². The molecule has 0 aromatic rings. The standard InChI is InChI=1S/C8H17N.C2H5.Ga/c1-4-7-8-9(5-2)6-3;1-2;/h2-8H2,1H3;1H2,2H3;. The van der Waals surface area contributed by atoms with Gasteiger partial charge in [0.25, 0.3) is 0 Å². The van der Waals surface area contributed by atoms with Crippen molar-refractivity contribution >= 4 is 16.2 Å². The van der Waals surface area contributed by atoms with Crippen molar-refractivity contribution in [3.8, 4) is 0 Å². The Balaban J connectivity index is 2.09. The van der Waals surface area contributed by atoms with Crippen LogP contribution in [0.4, 0.5) is 0 Å². The van der Waals surface area contributed by atoms with Gasteiger partial charge in [0, 0.05) is 0 Å². The molecule has 1 nitrogen and oxygen atoms in total. The van der Waals surface area contributed by atoms with Gasteiger partial charge in [-0.25, -0.2) is 0 Å². The molecular formula is C10H22GaN. The summed E-state index contributed by atoms with van der Waals surface area (Å²) in [4.78, 5) is 7.52. The molecule has 70 valence electrons. The zero-order valence-electron chi connectivity index (χ0n) is 8.68. The molecule has 12 heavy (non-hydrogen) atoms. The summed E-state index contributed by atoms with van der Waals surface area (Å²) in [5.74, 6) is 0. The van der Waals surface area contributed by atoms with Crippen LogP contribution in [0.15, 0.2) is 0 Å². The Labute approximate surface area is 82.6 Å². The predicted octanol–water partition coefficient (Wildman–Crippen LogP) is 2.62. The number of rotatable bonds is 4. The molecule has 0 amide bonds. The molecule has 1 aliphatic heterocycles. The van der Waals surface area contributed by atoms with Crippen LogP contribution in [0.25, 0.3) is 0 Å². The van der Waals surface area contributed by atoms with Crippen LogP contribution in [-0.4, -0.2) is 40.8 Å². The zero-order valence-corrected chi connectivity index (χ0v) is 11.1. The summed E-state index contributed by atoms with van der Waals surface area (Å²) >= 11 is -0.657. The quantitative estimate of drug-likeness (QED) is 0.666. The summed E-state index contributed by atoms with van der Waals surface area (Å²) in [6, 6.07) is 0. The second-order valence-electron chi connectivity index (χ2n) is 4.05. The second-order valence-corrected chi connectivity index (χ2v) is 11.8. The van der Waals surface area contributed by atoms with E-state index in [1.807, 2.05) is 0 Å². The Bertz CT molecular complexity index is 108. The third-order valence-corrected chi connectivity index (χ3v) is 10.0. The van der Waals surface area contributed by atoms with Crippen LogP contribution in [0.1, 0.15) is 26.7 Å². The molecule has 0 aromatic carbocycles. The molecule has 0 N–H and O–H groups in total. The van der Waals surface area contributed by atoms with Crippen molar-refractivity contribution < 1.29 is 0 Å². The van der Waals surface area contributed by atoms with Gasteiger partial charge >= 0.3 is 82.4 Å². The Kier molecular flexibility index (Phi) is 5.44. The molecule has 0 aliphatic carbocycles. The molecule has 0 bridgehead atoms. The molecule has 2 heteroatoms. The first kappa shape index (κ1) is 10.7. The minimum atomic E-state index is -0.657. The van der Waals surface area contributed by atoms with Crippen molar-refractivity contribution in [3.05, 3.63) is 0 Å². The fourth-order valence-electron chi connectivity index (χ4n) is 2.00. The molecule has 1 fully saturated rings. The van der Waals surface area contributed by atoms with E-state index in [0.29, 0.717) is 0 Å².